The number of hydrogen-bond acceptors (Lipinski definition) is 2. The van der Waals surface area contributed by atoms with Gasteiger partial charge in [0.25, 0.3) is 5.91 Å². The summed E-state index contributed by atoms with van der Waals surface area (Å²) >= 11 is 0. The van der Waals surface area contributed by atoms with Crippen LogP contribution in [0.4, 0.5) is 5.69 Å². The van der Waals surface area contributed by atoms with Gasteiger partial charge in [0.2, 0.25) is 0 Å². The molecule has 1 aliphatic carbocycles. The lowest BCUT2D eigenvalue weighted by atomic mass is 10.1. The van der Waals surface area contributed by atoms with Crippen LogP contribution in [0.5, 0.6) is 0 Å². The monoisotopic (exact) mass is 215 g/mol. The molecule has 0 bridgehead atoms. The van der Waals surface area contributed by atoms with Crippen LogP contribution in [0.3, 0.4) is 0 Å². The van der Waals surface area contributed by atoms with Crippen LogP contribution in [-0.2, 0) is 0 Å². The fourth-order valence-electron chi connectivity index (χ4n) is 1.82. The van der Waals surface area contributed by atoms with Crippen LogP contribution >= 0.6 is 0 Å². The lowest BCUT2D eigenvalue weighted by molar-refractivity contribution is 0.0953. The van der Waals surface area contributed by atoms with E-state index < -0.39 is 0 Å². The predicted molar refractivity (Wildman–Crippen MR) is 63.2 cm³/mol. The first-order valence-electron chi connectivity index (χ1n) is 5.41. The number of anilines is 1. The summed E-state index contributed by atoms with van der Waals surface area (Å²) in [6.07, 6.45) is 3.92. The third-order valence-corrected chi connectivity index (χ3v) is 2.86. The second kappa shape index (κ2) is 3.27. The Morgan fingerprint density at radius 3 is 3.00 bits per heavy atom. The number of nitrogen functional groups attached to an aromatic ring is 1. The first kappa shape index (κ1) is 9.27. The number of amides is 1. The highest BCUT2D eigenvalue weighted by atomic mass is 16.1. The number of hydrogen-bond donors (Lipinski definition) is 3. The van der Waals surface area contributed by atoms with Crippen LogP contribution in [0, 0.1) is 0 Å². The maximum atomic E-state index is 11.9. The van der Waals surface area contributed by atoms with E-state index in [1.807, 2.05) is 18.2 Å². The van der Waals surface area contributed by atoms with E-state index in [1.54, 1.807) is 6.20 Å². The van der Waals surface area contributed by atoms with Gasteiger partial charge >= 0.3 is 0 Å². The van der Waals surface area contributed by atoms with E-state index in [0.29, 0.717) is 17.3 Å². The highest BCUT2D eigenvalue weighted by molar-refractivity contribution is 6.07. The van der Waals surface area contributed by atoms with E-state index in [9.17, 15) is 4.79 Å². The topological polar surface area (TPSA) is 70.9 Å². The lowest BCUT2D eigenvalue weighted by Gasteiger charge is -2.01. The summed E-state index contributed by atoms with van der Waals surface area (Å²) in [5.74, 6) is -0.0145. The van der Waals surface area contributed by atoms with Gasteiger partial charge in [-0.15, -0.1) is 0 Å². The van der Waals surface area contributed by atoms with Crippen molar-refractivity contribution in [3.05, 3.63) is 30.0 Å². The SMILES string of the molecule is Nc1ccc2[nH]cc(C(=O)NC3CC3)c2c1. The Balaban J connectivity index is 2.01. The molecular weight excluding hydrogens is 202 g/mol. The number of benzene rings is 1. The molecule has 1 fully saturated rings. The molecule has 1 aromatic carbocycles. The molecule has 0 spiro atoms. The normalized spacial score (nSPS) is 15.2. The van der Waals surface area contributed by atoms with E-state index in [2.05, 4.69) is 10.3 Å². The molecule has 3 rings (SSSR count). The fourth-order valence-corrected chi connectivity index (χ4v) is 1.82. The first-order valence-corrected chi connectivity index (χ1v) is 5.41. The number of aromatic amines is 1. The average molecular weight is 215 g/mol. The van der Waals surface area contributed by atoms with Gasteiger partial charge in [0, 0.05) is 28.8 Å². The molecule has 82 valence electrons. The summed E-state index contributed by atoms with van der Waals surface area (Å²) in [6, 6.07) is 5.91. The molecule has 1 heterocycles. The molecule has 0 radical (unpaired) electrons. The molecular formula is C12H13N3O. The van der Waals surface area contributed by atoms with Gasteiger partial charge in [-0.05, 0) is 31.0 Å². The zero-order valence-corrected chi connectivity index (χ0v) is 8.79. The standard InChI is InChI=1S/C12H13N3O/c13-7-1-4-11-9(5-7)10(6-14-11)12(16)15-8-2-3-8/h1,4-6,8,14H,2-3,13H2,(H,15,16). The van der Waals surface area contributed by atoms with Gasteiger partial charge in [-0.2, -0.15) is 0 Å². The predicted octanol–water partition coefficient (Wildman–Crippen LogP) is 1.64. The van der Waals surface area contributed by atoms with Crippen molar-refractivity contribution in [2.24, 2.45) is 0 Å². The molecule has 0 atom stereocenters. The Bertz CT molecular complexity index is 554. The lowest BCUT2D eigenvalue weighted by Crippen LogP contribution is -2.25. The molecule has 1 aromatic heterocycles. The Kier molecular flexibility index (Phi) is 1.89. The quantitative estimate of drug-likeness (QED) is 0.666. The van der Waals surface area contributed by atoms with Gasteiger partial charge in [-0.25, -0.2) is 0 Å². The van der Waals surface area contributed by atoms with Crippen molar-refractivity contribution in [1.82, 2.24) is 10.3 Å². The molecule has 4 nitrogen and oxygen atoms in total. The molecule has 1 aliphatic rings. The third kappa shape index (κ3) is 1.52. The largest absolute Gasteiger partial charge is 0.399 e. The van der Waals surface area contributed by atoms with E-state index in [0.717, 1.165) is 23.7 Å². The minimum Gasteiger partial charge on any atom is -0.399 e. The summed E-state index contributed by atoms with van der Waals surface area (Å²) in [6.45, 7) is 0. The van der Waals surface area contributed by atoms with E-state index in [1.165, 1.54) is 0 Å². The zero-order chi connectivity index (χ0) is 11.1. The average Bonchev–Trinajstić information content (AvgIpc) is 2.96. The van der Waals surface area contributed by atoms with Crippen LogP contribution in [0.15, 0.2) is 24.4 Å². The van der Waals surface area contributed by atoms with Crippen LogP contribution in [0.1, 0.15) is 23.2 Å². The van der Waals surface area contributed by atoms with Crippen molar-refractivity contribution in [3.63, 3.8) is 0 Å². The second-order valence-corrected chi connectivity index (χ2v) is 4.26. The number of rotatable bonds is 2. The number of fused-ring (bicyclic) bond motifs is 1. The summed E-state index contributed by atoms with van der Waals surface area (Å²) in [7, 11) is 0. The van der Waals surface area contributed by atoms with Crippen molar-refractivity contribution in [3.8, 4) is 0 Å². The number of nitrogens with two attached hydrogens (primary N) is 1. The van der Waals surface area contributed by atoms with Gasteiger partial charge in [0.1, 0.15) is 0 Å². The maximum absolute atomic E-state index is 11.9. The van der Waals surface area contributed by atoms with E-state index >= 15 is 0 Å². The minimum atomic E-state index is -0.0145. The van der Waals surface area contributed by atoms with Gasteiger partial charge in [-0.1, -0.05) is 0 Å². The molecule has 0 unspecified atom stereocenters. The molecule has 0 saturated heterocycles. The van der Waals surface area contributed by atoms with Gasteiger partial charge in [0.05, 0.1) is 5.56 Å². The molecule has 4 N–H and O–H groups in total. The van der Waals surface area contributed by atoms with Crippen molar-refractivity contribution in [2.45, 2.75) is 18.9 Å². The molecule has 0 aliphatic heterocycles. The van der Waals surface area contributed by atoms with Gasteiger partial charge in [-0.3, -0.25) is 4.79 Å². The molecule has 1 saturated carbocycles. The number of carbonyl (C=O) groups is 1. The smallest absolute Gasteiger partial charge is 0.253 e. The van der Waals surface area contributed by atoms with Crippen LogP contribution in [0.2, 0.25) is 0 Å². The summed E-state index contributed by atoms with van der Waals surface area (Å²) in [5, 5.41) is 3.86. The number of carbonyl (C=O) groups excluding carboxylic acids is 1. The number of aromatic nitrogens is 1. The Hall–Kier alpha value is -1.97. The summed E-state index contributed by atoms with van der Waals surface area (Å²) in [4.78, 5) is 15.0. The Labute approximate surface area is 92.8 Å². The highest BCUT2D eigenvalue weighted by Crippen LogP contribution is 2.23. The van der Waals surface area contributed by atoms with Crippen LogP contribution in [0.25, 0.3) is 10.9 Å². The number of H-pyrrole nitrogens is 1. The van der Waals surface area contributed by atoms with Crippen molar-refractivity contribution in [2.75, 3.05) is 5.73 Å². The third-order valence-electron chi connectivity index (χ3n) is 2.86. The zero-order valence-electron chi connectivity index (χ0n) is 8.79. The molecule has 16 heavy (non-hydrogen) atoms. The minimum absolute atomic E-state index is 0.0145. The highest BCUT2D eigenvalue weighted by Gasteiger charge is 2.24. The van der Waals surface area contributed by atoms with Crippen molar-refractivity contribution < 1.29 is 4.79 Å². The van der Waals surface area contributed by atoms with Gasteiger partial charge < -0.3 is 16.0 Å². The first-order chi connectivity index (χ1) is 7.74. The number of nitrogens with one attached hydrogen (secondary N) is 2. The van der Waals surface area contributed by atoms with E-state index in [4.69, 9.17) is 5.73 Å². The molecule has 4 heteroatoms. The fraction of sp³-hybridized carbons (Fsp3) is 0.250. The van der Waals surface area contributed by atoms with Crippen molar-refractivity contribution in [1.29, 1.82) is 0 Å². The van der Waals surface area contributed by atoms with Gasteiger partial charge in [0.15, 0.2) is 0 Å². The Morgan fingerprint density at radius 2 is 2.25 bits per heavy atom. The summed E-state index contributed by atoms with van der Waals surface area (Å²) in [5.41, 5.74) is 8.01. The van der Waals surface area contributed by atoms with Crippen LogP contribution in [-0.4, -0.2) is 16.9 Å². The molecule has 1 amide bonds. The summed E-state index contributed by atoms with van der Waals surface area (Å²) < 4.78 is 0. The molecule has 2 aromatic rings. The maximum Gasteiger partial charge on any atom is 0.253 e. The van der Waals surface area contributed by atoms with Crippen molar-refractivity contribution >= 4 is 22.5 Å². The Morgan fingerprint density at radius 1 is 1.44 bits per heavy atom. The van der Waals surface area contributed by atoms with Crippen LogP contribution < -0.4 is 11.1 Å². The second-order valence-electron chi connectivity index (χ2n) is 4.26. The van der Waals surface area contributed by atoms with E-state index in [-0.39, 0.29) is 5.91 Å².